The highest BCUT2D eigenvalue weighted by molar-refractivity contribution is 6.05. The molecule has 0 saturated carbocycles. The zero-order valence-electron chi connectivity index (χ0n) is 16.2. The van der Waals surface area contributed by atoms with Crippen LogP contribution in [0.5, 0.6) is 0 Å². The van der Waals surface area contributed by atoms with Crippen LogP contribution >= 0.6 is 0 Å². The van der Waals surface area contributed by atoms with Gasteiger partial charge in [-0.05, 0) is 55.3 Å². The average Bonchev–Trinajstić information content (AvgIpc) is 2.65. The lowest BCUT2D eigenvalue weighted by molar-refractivity contribution is 0.0490. The number of hydrogen-bond acceptors (Lipinski definition) is 4. The van der Waals surface area contributed by atoms with Crippen LogP contribution in [0.2, 0.25) is 0 Å². The van der Waals surface area contributed by atoms with Crippen LogP contribution in [0.3, 0.4) is 0 Å². The number of nitrogens with zero attached hydrogens (tertiary/aromatic N) is 1. The largest absolute Gasteiger partial charge is 0.462 e. The first kappa shape index (κ1) is 20.2. The van der Waals surface area contributed by atoms with Crippen molar-refractivity contribution in [3.63, 3.8) is 0 Å². The van der Waals surface area contributed by atoms with Crippen LogP contribution in [-0.2, 0) is 4.74 Å². The number of carbonyl (C=O) groups is 1. The molecule has 26 heavy (non-hydrogen) atoms. The van der Waals surface area contributed by atoms with Crippen molar-refractivity contribution in [1.82, 2.24) is 4.90 Å². The molecular weight excluding hydrogens is 324 g/mol. The van der Waals surface area contributed by atoms with Crippen molar-refractivity contribution in [3.05, 3.63) is 42.0 Å². The Hall–Kier alpha value is -2.07. The molecule has 0 aliphatic rings. The van der Waals surface area contributed by atoms with E-state index in [0.29, 0.717) is 17.9 Å². The summed E-state index contributed by atoms with van der Waals surface area (Å²) < 4.78 is 5.53. The Morgan fingerprint density at radius 3 is 2.35 bits per heavy atom. The lowest BCUT2D eigenvalue weighted by Gasteiger charge is -2.21. The van der Waals surface area contributed by atoms with Gasteiger partial charge in [0.25, 0.3) is 0 Å². The van der Waals surface area contributed by atoms with Gasteiger partial charge in [0.2, 0.25) is 0 Å². The van der Waals surface area contributed by atoms with Gasteiger partial charge in [-0.15, -0.1) is 0 Å². The molecule has 0 amide bonds. The van der Waals surface area contributed by atoms with Gasteiger partial charge in [0.15, 0.2) is 0 Å². The first-order chi connectivity index (χ1) is 12.7. The first-order valence-corrected chi connectivity index (χ1v) is 9.83. The molecule has 0 atom stereocenters. The molecule has 0 heterocycles. The molecule has 0 radical (unpaired) electrons. The Labute approximate surface area is 157 Å². The van der Waals surface area contributed by atoms with Crippen LogP contribution in [0.25, 0.3) is 10.8 Å². The molecule has 0 fully saturated rings. The molecule has 142 valence electrons. The Bertz CT molecular complexity index is 692. The number of nitrogens with two attached hydrogens (primary N) is 1. The summed E-state index contributed by atoms with van der Waals surface area (Å²) in [6.07, 6.45) is 5.72. The molecule has 0 aromatic heterocycles. The number of anilines is 1. The molecule has 2 aromatic rings. The Balaban J connectivity index is 1.88. The van der Waals surface area contributed by atoms with Gasteiger partial charge in [-0.1, -0.05) is 51.0 Å². The second kappa shape index (κ2) is 10.8. The summed E-state index contributed by atoms with van der Waals surface area (Å²) in [4.78, 5) is 15.0. The third kappa shape index (κ3) is 6.03. The minimum absolute atomic E-state index is 0.290. The number of benzene rings is 2. The topological polar surface area (TPSA) is 55.6 Å². The van der Waals surface area contributed by atoms with E-state index in [1.165, 1.54) is 25.7 Å². The zero-order chi connectivity index (χ0) is 18.8. The molecule has 0 aliphatic heterocycles. The molecule has 2 aromatic carbocycles. The number of carbonyl (C=O) groups excluding carboxylic acids is 1. The number of unbranched alkanes of at least 4 members (excludes halogenated alkanes) is 2. The number of fused-ring (bicyclic) bond motifs is 1. The molecule has 0 unspecified atom stereocenters. The van der Waals surface area contributed by atoms with E-state index in [1.807, 2.05) is 30.3 Å². The maximum absolute atomic E-state index is 12.5. The van der Waals surface area contributed by atoms with Gasteiger partial charge in [0, 0.05) is 12.2 Å². The molecule has 2 rings (SSSR count). The monoisotopic (exact) mass is 356 g/mol. The SMILES string of the molecule is CCCCN(CCCC)CCCOC(=O)c1cc(N)cc2ccccc12. The van der Waals surface area contributed by atoms with E-state index in [0.717, 1.165) is 36.8 Å². The van der Waals surface area contributed by atoms with Gasteiger partial charge < -0.3 is 15.4 Å². The van der Waals surface area contributed by atoms with E-state index in [2.05, 4.69) is 18.7 Å². The predicted octanol–water partition coefficient (Wildman–Crippen LogP) is 4.87. The molecular formula is C22H32N2O2. The van der Waals surface area contributed by atoms with Crippen LogP contribution in [-0.4, -0.2) is 37.1 Å². The zero-order valence-corrected chi connectivity index (χ0v) is 16.2. The van der Waals surface area contributed by atoms with Crippen molar-refractivity contribution in [2.24, 2.45) is 0 Å². The predicted molar refractivity (Wildman–Crippen MR) is 110 cm³/mol. The van der Waals surface area contributed by atoms with E-state index in [4.69, 9.17) is 10.5 Å². The Morgan fingerprint density at radius 2 is 1.65 bits per heavy atom. The molecule has 0 aliphatic carbocycles. The van der Waals surface area contributed by atoms with Gasteiger partial charge in [-0.3, -0.25) is 0 Å². The number of hydrogen-bond donors (Lipinski definition) is 1. The quantitative estimate of drug-likeness (QED) is 0.354. The van der Waals surface area contributed by atoms with Crippen LogP contribution < -0.4 is 5.73 Å². The summed E-state index contributed by atoms with van der Waals surface area (Å²) in [5.41, 5.74) is 7.07. The van der Waals surface area contributed by atoms with Crippen molar-refractivity contribution in [2.75, 3.05) is 32.0 Å². The van der Waals surface area contributed by atoms with Crippen LogP contribution in [0, 0.1) is 0 Å². The lowest BCUT2D eigenvalue weighted by Crippen LogP contribution is -2.28. The van der Waals surface area contributed by atoms with Crippen molar-refractivity contribution in [1.29, 1.82) is 0 Å². The van der Waals surface area contributed by atoms with E-state index in [-0.39, 0.29) is 5.97 Å². The second-order valence-electron chi connectivity index (χ2n) is 6.83. The highest BCUT2D eigenvalue weighted by Gasteiger charge is 2.13. The molecule has 0 bridgehead atoms. The van der Waals surface area contributed by atoms with Crippen LogP contribution in [0.1, 0.15) is 56.3 Å². The van der Waals surface area contributed by atoms with Gasteiger partial charge in [-0.25, -0.2) is 4.79 Å². The maximum atomic E-state index is 12.5. The summed E-state index contributed by atoms with van der Waals surface area (Å²) in [6.45, 7) is 8.11. The molecule has 0 saturated heterocycles. The minimum atomic E-state index is -0.290. The van der Waals surface area contributed by atoms with Crippen LogP contribution in [0.15, 0.2) is 36.4 Å². The van der Waals surface area contributed by atoms with E-state index in [1.54, 1.807) is 6.07 Å². The number of nitrogen functional groups attached to an aromatic ring is 1. The van der Waals surface area contributed by atoms with Crippen LogP contribution in [0.4, 0.5) is 5.69 Å². The Morgan fingerprint density at radius 1 is 1.00 bits per heavy atom. The molecule has 4 nitrogen and oxygen atoms in total. The number of esters is 1. The summed E-state index contributed by atoms with van der Waals surface area (Å²) >= 11 is 0. The highest BCUT2D eigenvalue weighted by atomic mass is 16.5. The lowest BCUT2D eigenvalue weighted by atomic mass is 10.0. The molecule has 0 spiro atoms. The first-order valence-electron chi connectivity index (χ1n) is 9.83. The van der Waals surface area contributed by atoms with E-state index >= 15 is 0 Å². The maximum Gasteiger partial charge on any atom is 0.338 e. The fourth-order valence-electron chi connectivity index (χ4n) is 3.13. The average molecular weight is 357 g/mol. The number of rotatable bonds is 11. The third-order valence-electron chi connectivity index (χ3n) is 4.61. The van der Waals surface area contributed by atoms with Crippen molar-refractivity contribution in [3.8, 4) is 0 Å². The summed E-state index contributed by atoms with van der Waals surface area (Å²) in [5.74, 6) is -0.290. The fourth-order valence-corrected chi connectivity index (χ4v) is 3.13. The normalized spacial score (nSPS) is 11.2. The number of ether oxygens (including phenoxy) is 1. The van der Waals surface area contributed by atoms with Crippen molar-refractivity contribution < 1.29 is 9.53 Å². The van der Waals surface area contributed by atoms with E-state index in [9.17, 15) is 4.79 Å². The van der Waals surface area contributed by atoms with Crippen molar-refractivity contribution in [2.45, 2.75) is 46.0 Å². The highest BCUT2D eigenvalue weighted by Crippen LogP contribution is 2.23. The van der Waals surface area contributed by atoms with Gasteiger partial charge in [-0.2, -0.15) is 0 Å². The smallest absolute Gasteiger partial charge is 0.338 e. The minimum Gasteiger partial charge on any atom is -0.462 e. The van der Waals surface area contributed by atoms with E-state index < -0.39 is 0 Å². The van der Waals surface area contributed by atoms with Gasteiger partial charge in [0.05, 0.1) is 12.2 Å². The standard InChI is InChI=1S/C22H32N2O2/c1-3-5-12-24(13-6-4-2)14-9-15-26-22(25)21-17-19(23)16-18-10-7-8-11-20(18)21/h7-8,10-11,16-17H,3-6,9,12-15,23H2,1-2H3. The summed E-state index contributed by atoms with van der Waals surface area (Å²) in [5, 5.41) is 1.85. The second-order valence-corrected chi connectivity index (χ2v) is 6.83. The summed E-state index contributed by atoms with van der Waals surface area (Å²) in [7, 11) is 0. The van der Waals surface area contributed by atoms with Crippen molar-refractivity contribution >= 4 is 22.4 Å². The fraction of sp³-hybridized carbons (Fsp3) is 0.500. The van der Waals surface area contributed by atoms with Gasteiger partial charge >= 0.3 is 5.97 Å². The van der Waals surface area contributed by atoms with Gasteiger partial charge in [0.1, 0.15) is 0 Å². The third-order valence-corrected chi connectivity index (χ3v) is 4.61. The molecule has 2 N–H and O–H groups in total. The molecule has 4 heteroatoms. The summed E-state index contributed by atoms with van der Waals surface area (Å²) in [6, 6.07) is 11.3. The Kier molecular flexibility index (Phi) is 8.42.